The number of fused-ring (bicyclic) bond motifs is 3. The van der Waals surface area contributed by atoms with Gasteiger partial charge in [-0.2, -0.15) is 0 Å². The number of benzene rings is 1. The van der Waals surface area contributed by atoms with Crippen molar-refractivity contribution in [2.24, 2.45) is 11.8 Å². The number of aromatic nitrogens is 2. The van der Waals surface area contributed by atoms with Gasteiger partial charge in [-0.1, -0.05) is 18.2 Å². The summed E-state index contributed by atoms with van der Waals surface area (Å²) in [6.45, 7) is 2.13. The van der Waals surface area contributed by atoms with Crippen molar-refractivity contribution in [2.75, 3.05) is 13.2 Å². The summed E-state index contributed by atoms with van der Waals surface area (Å²) < 4.78 is 15.4. The molecule has 9 heteroatoms. The molecule has 5 rings (SSSR count). The van der Waals surface area contributed by atoms with Gasteiger partial charge in [0.15, 0.2) is 0 Å². The standard InChI is InChI=1S/C27H27FN4O4/c1-2-30-26(35)25-21(15-33)20-14-31-22(9-8-19(27(31)36)17-6-3-7-18(28)12-17)24(20)32(25)23(34)11-16-5-4-10-29-13-16/h3-10,12-13,20-21,24-25,33H,2,11,14-15H2,1H3,(H,30,35)/t20-,21-,24+,25-/m0/s1. The Bertz CT molecular complexity index is 1360. The molecule has 3 aromatic rings. The fraction of sp³-hybridized carbons (Fsp3) is 0.333. The molecule has 36 heavy (non-hydrogen) atoms. The first-order chi connectivity index (χ1) is 17.4. The second-order valence-corrected chi connectivity index (χ2v) is 9.23. The maximum absolute atomic E-state index is 13.8. The van der Waals surface area contributed by atoms with Gasteiger partial charge in [0.25, 0.3) is 5.56 Å². The molecule has 0 saturated carbocycles. The number of pyridine rings is 2. The van der Waals surface area contributed by atoms with E-state index in [9.17, 15) is 23.9 Å². The van der Waals surface area contributed by atoms with E-state index in [1.54, 1.807) is 65.2 Å². The average molecular weight is 491 g/mol. The highest BCUT2D eigenvalue weighted by Gasteiger charge is 2.57. The number of likely N-dealkylation sites (tertiary alicyclic amines) is 1. The van der Waals surface area contributed by atoms with Gasteiger partial charge in [-0.15, -0.1) is 0 Å². The number of rotatable bonds is 6. The maximum atomic E-state index is 13.8. The zero-order valence-electron chi connectivity index (χ0n) is 19.8. The van der Waals surface area contributed by atoms with E-state index in [0.717, 1.165) is 0 Å². The highest BCUT2D eigenvalue weighted by atomic mass is 19.1. The highest BCUT2D eigenvalue weighted by molar-refractivity contribution is 5.90. The summed E-state index contributed by atoms with van der Waals surface area (Å²) in [5.41, 5.74) is 1.84. The molecular formula is C27H27FN4O4. The fourth-order valence-electron chi connectivity index (χ4n) is 5.69. The van der Waals surface area contributed by atoms with Crippen molar-refractivity contribution in [1.29, 1.82) is 0 Å². The summed E-state index contributed by atoms with van der Waals surface area (Å²) in [4.78, 5) is 45.9. The third kappa shape index (κ3) is 3.99. The van der Waals surface area contributed by atoms with E-state index < -0.39 is 23.8 Å². The van der Waals surface area contributed by atoms with Crippen LogP contribution in [0.2, 0.25) is 0 Å². The quantitative estimate of drug-likeness (QED) is 0.550. The first-order valence-electron chi connectivity index (χ1n) is 12.0. The molecule has 186 valence electrons. The smallest absolute Gasteiger partial charge is 0.258 e. The lowest BCUT2D eigenvalue weighted by Crippen LogP contribution is -2.50. The first-order valence-corrected chi connectivity index (χ1v) is 12.0. The Morgan fingerprint density at radius 1 is 1.19 bits per heavy atom. The Labute approximate surface area is 207 Å². The van der Waals surface area contributed by atoms with Crippen LogP contribution in [-0.4, -0.2) is 50.6 Å². The van der Waals surface area contributed by atoms with Crippen LogP contribution in [0.1, 0.15) is 24.2 Å². The van der Waals surface area contributed by atoms with Gasteiger partial charge in [0.05, 0.1) is 12.5 Å². The van der Waals surface area contributed by atoms with Gasteiger partial charge in [-0.05, 0) is 48.4 Å². The molecule has 2 aliphatic rings. The Balaban J connectivity index is 1.58. The summed E-state index contributed by atoms with van der Waals surface area (Å²) in [7, 11) is 0. The minimum Gasteiger partial charge on any atom is -0.396 e. The Hall–Kier alpha value is -3.85. The Morgan fingerprint density at radius 2 is 2.03 bits per heavy atom. The van der Waals surface area contributed by atoms with Crippen molar-refractivity contribution in [2.45, 2.75) is 32.0 Å². The number of hydrogen-bond acceptors (Lipinski definition) is 5. The summed E-state index contributed by atoms with van der Waals surface area (Å²) >= 11 is 0. The van der Waals surface area contributed by atoms with Crippen LogP contribution in [0.15, 0.2) is 65.7 Å². The molecule has 4 heterocycles. The molecule has 2 aromatic heterocycles. The molecule has 0 spiro atoms. The molecule has 2 N–H and O–H groups in total. The Kier molecular flexibility index (Phi) is 6.40. The van der Waals surface area contributed by atoms with E-state index in [1.807, 2.05) is 0 Å². The van der Waals surface area contributed by atoms with Crippen LogP contribution in [0, 0.1) is 17.7 Å². The summed E-state index contributed by atoms with van der Waals surface area (Å²) in [6, 6.07) is 11.4. The van der Waals surface area contributed by atoms with Crippen molar-refractivity contribution in [3.63, 3.8) is 0 Å². The van der Waals surface area contributed by atoms with Crippen LogP contribution in [0.3, 0.4) is 0 Å². The number of nitrogens with zero attached hydrogens (tertiary/aromatic N) is 3. The Morgan fingerprint density at radius 3 is 2.72 bits per heavy atom. The van der Waals surface area contributed by atoms with Gasteiger partial charge in [-0.25, -0.2) is 4.39 Å². The van der Waals surface area contributed by atoms with Gasteiger partial charge in [0, 0.05) is 55.2 Å². The lowest BCUT2D eigenvalue weighted by atomic mass is 9.88. The maximum Gasteiger partial charge on any atom is 0.258 e. The van der Waals surface area contributed by atoms with Crippen molar-refractivity contribution >= 4 is 11.8 Å². The van der Waals surface area contributed by atoms with E-state index in [1.165, 1.54) is 12.1 Å². The molecule has 0 aliphatic carbocycles. The predicted molar refractivity (Wildman–Crippen MR) is 130 cm³/mol. The SMILES string of the molecule is CCNC(=O)[C@@H]1[C@@H](CO)[C@@H]2Cn3c(ccc(-c4cccc(F)c4)c3=O)[C@@H]2N1C(=O)Cc1cccnc1. The molecule has 4 atom stereocenters. The van der Waals surface area contributed by atoms with Crippen LogP contribution in [0.25, 0.3) is 11.1 Å². The first kappa shape index (κ1) is 23.9. The number of carbonyl (C=O) groups is 2. The normalized spacial score (nSPS) is 22.2. The molecule has 8 nitrogen and oxygen atoms in total. The van der Waals surface area contributed by atoms with Gasteiger partial charge in [0.1, 0.15) is 11.9 Å². The summed E-state index contributed by atoms with van der Waals surface area (Å²) in [5, 5.41) is 13.1. The van der Waals surface area contributed by atoms with Crippen LogP contribution in [0.4, 0.5) is 4.39 Å². The number of aliphatic hydroxyl groups is 1. The van der Waals surface area contributed by atoms with Crippen molar-refractivity contribution in [3.8, 4) is 11.1 Å². The fourth-order valence-corrected chi connectivity index (χ4v) is 5.69. The minimum atomic E-state index is -0.860. The molecular weight excluding hydrogens is 463 g/mol. The second-order valence-electron chi connectivity index (χ2n) is 9.23. The molecule has 0 unspecified atom stereocenters. The number of halogens is 1. The van der Waals surface area contributed by atoms with Gasteiger partial charge in [0.2, 0.25) is 11.8 Å². The van der Waals surface area contributed by atoms with E-state index in [4.69, 9.17) is 0 Å². The number of aliphatic hydroxyl groups excluding tert-OH is 1. The zero-order valence-corrected chi connectivity index (χ0v) is 19.8. The van der Waals surface area contributed by atoms with E-state index >= 15 is 0 Å². The van der Waals surface area contributed by atoms with Crippen molar-refractivity contribution < 1.29 is 19.1 Å². The van der Waals surface area contributed by atoms with E-state index in [0.29, 0.717) is 28.9 Å². The zero-order chi connectivity index (χ0) is 25.4. The number of nitrogens with one attached hydrogen (secondary N) is 1. The molecule has 0 bridgehead atoms. The van der Waals surface area contributed by atoms with Gasteiger partial charge >= 0.3 is 0 Å². The molecule has 2 amide bonds. The number of likely N-dealkylation sites (N-methyl/N-ethyl adjacent to an activating group) is 1. The van der Waals surface area contributed by atoms with Crippen LogP contribution in [-0.2, 0) is 22.6 Å². The number of amides is 2. The van der Waals surface area contributed by atoms with E-state index in [2.05, 4.69) is 10.3 Å². The number of carbonyl (C=O) groups excluding carboxylic acids is 2. The highest BCUT2D eigenvalue weighted by Crippen LogP contribution is 2.49. The summed E-state index contributed by atoms with van der Waals surface area (Å²) in [6.07, 6.45) is 3.26. The van der Waals surface area contributed by atoms with Crippen LogP contribution in [0.5, 0.6) is 0 Å². The van der Waals surface area contributed by atoms with Crippen molar-refractivity contribution in [1.82, 2.24) is 19.8 Å². The largest absolute Gasteiger partial charge is 0.396 e. The molecule has 2 aliphatic heterocycles. The van der Waals surface area contributed by atoms with Crippen LogP contribution < -0.4 is 10.9 Å². The van der Waals surface area contributed by atoms with Gasteiger partial charge in [-0.3, -0.25) is 19.4 Å². The van der Waals surface area contributed by atoms with Gasteiger partial charge < -0.3 is 19.9 Å². The van der Waals surface area contributed by atoms with E-state index in [-0.39, 0.29) is 42.9 Å². The predicted octanol–water partition coefficient (Wildman–Crippen LogP) is 1.92. The molecule has 1 aromatic carbocycles. The third-order valence-electron chi connectivity index (χ3n) is 7.20. The lowest BCUT2D eigenvalue weighted by Gasteiger charge is -2.31. The topological polar surface area (TPSA) is 105 Å². The van der Waals surface area contributed by atoms with Crippen molar-refractivity contribution in [3.05, 3.63) is 88.4 Å². The molecule has 1 fully saturated rings. The average Bonchev–Trinajstić information content (AvgIpc) is 3.40. The summed E-state index contributed by atoms with van der Waals surface area (Å²) in [5.74, 6) is -1.91. The second kappa shape index (κ2) is 9.66. The minimum absolute atomic E-state index is 0.0384. The van der Waals surface area contributed by atoms with Crippen LogP contribution >= 0.6 is 0 Å². The molecule has 0 radical (unpaired) electrons. The monoisotopic (exact) mass is 490 g/mol. The number of hydrogen-bond donors (Lipinski definition) is 2. The lowest BCUT2D eigenvalue weighted by molar-refractivity contribution is -0.141. The molecule has 1 saturated heterocycles. The third-order valence-corrected chi connectivity index (χ3v) is 7.20.